The molecule has 2 aromatic heterocycles. The number of fused-ring (bicyclic) bond motifs is 1. The topological polar surface area (TPSA) is 51.0 Å². The van der Waals surface area contributed by atoms with Crippen LogP contribution < -0.4 is 0 Å². The van der Waals surface area contributed by atoms with E-state index in [4.69, 9.17) is 4.98 Å². The number of pyridine rings is 1. The third-order valence-corrected chi connectivity index (χ3v) is 4.60. The average molecular weight is 401 g/mol. The average Bonchev–Trinajstić information content (AvgIpc) is 2.97. The highest BCUT2D eigenvalue weighted by atomic mass is 79.9. The molecule has 0 radical (unpaired) electrons. The number of aryl methyl sites for hydroxylation is 1. The molecule has 3 aromatic rings. The number of halogens is 1. The normalized spacial score (nSPS) is 11.0. The van der Waals surface area contributed by atoms with Crippen molar-refractivity contribution in [2.24, 2.45) is 0 Å². The van der Waals surface area contributed by atoms with Crippen molar-refractivity contribution in [3.8, 4) is 0 Å². The second-order valence-electron chi connectivity index (χ2n) is 5.86. The van der Waals surface area contributed by atoms with Crippen molar-refractivity contribution in [2.75, 3.05) is 6.54 Å². The maximum Gasteiger partial charge on any atom is 0.254 e. The molecule has 0 unspecified atom stereocenters. The van der Waals surface area contributed by atoms with Crippen molar-refractivity contribution in [2.45, 2.75) is 33.4 Å². The molecule has 130 valence electrons. The van der Waals surface area contributed by atoms with Crippen LogP contribution in [0, 0.1) is 0 Å². The zero-order chi connectivity index (χ0) is 17.8. The minimum absolute atomic E-state index is 0.00636. The smallest absolute Gasteiger partial charge is 0.254 e. The van der Waals surface area contributed by atoms with E-state index in [2.05, 4.69) is 32.4 Å². The van der Waals surface area contributed by atoms with Gasteiger partial charge in [-0.15, -0.1) is 0 Å². The lowest BCUT2D eigenvalue weighted by molar-refractivity contribution is 0.0747. The number of carbonyl (C=O) groups is 1. The van der Waals surface area contributed by atoms with Gasteiger partial charge in [-0.1, -0.05) is 28.9 Å². The Balaban J connectivity index is 1.92. The minimum atomic E-state index is 0.00636. The zero-order valence-corrected chi connectivity index (χ0v) is 16.0. The van der Waals surface area contributed by atoms with Crippen molar-refractivity contribution in [1.29, 1.82) is 0 Å². The number of amides is 1. The van der Waals surface area contributed by atoms with Crippen molar-refractivity contribution < 1.29 is 4.79 Å². The van der Waals surface area contributed by atoms with Crippen LogP contribution in [-0.2, 0) is 13.1 Å². The minimum Gasteiger partial charge on any atom is -0.331 e. The molecule has 0 aliphatic rings. The second-order valence-corrected chi connectivity index (χ2v) is 6.77. The molecule has 0 saturated heterocycles. The number of imidazole rings is 1. The molecule has 0 bridgehead atoms. The van der Waals surface area contributed by atoms with E-state index in [1.165, 1.54) is 0 Å². The monoisotopic (exact) mass is 400 g/mol. The van der Waals surface area contributed by atoms with Gasteiger partial charge >= 0.3 is 0 Å². The van der Waals surface area contributed by atoms with E-state index >= 15 is 0 Å². The van der Waals surface area contributed by atoms with Crippen molar-refractivity contribution in [3.05, 3.63) is 58.5 Å². The van der Waals surface area contributed by atoms with E-state index in [9.17, 15) is 4.79 Å². The Labute approximate surface area is 155 Å². The van der Waals surface area contributed by atoms with Gasteiger partial charge in [0, 0.05) is 29.3 Å². The predicted molar refractivity (Wildman–Crippen MR) is 102 cm³/mol. The molecular weight excluding hydrogens is 380 g/mol. The van der Waals surface area contributed by atoms with Crippen LogP contribution in [-0.4, -0.2) is 31.9 Å². The summed E-state index contributed by atoms with van der Waals surface area (Å²) in [5.74, 6) is 0.882. The second kappa shape index (κ2) is 7.78. The molecule has 0 aliphatic carbocycles. The predicted octanol–water partition coefficient (Wildman–Crippen LogP) is 4.27. The van der Waals surface area contributed by atoms with Gasteiger partial charge in [0.05, 0.1) is 6.54 Å². The fraction of sp³-hybridized carbons (Fsp3) is 0.316. The Bertz CT molecular complexity index is 890. The molecule has 0 spiro atoms. The first-order chi connectivity index (χ1) is 12.1. The van der Waals surface area contributed by atoms with Crippen molar-refractivity contribution >= 4 is 33.0 Å². The molecule has 5 nitrogen and oxygen atoms in total. The summed E-state index contributed by atoms with van der Waals surface area (Å²) >= 11 is 3.43. The van der Waals surface area contributed by atoms with Gasteiger partial charge in [0.2, 0.25) is 0 Å². The quantitative estimate of drug-likeness (QED) is 0.620. The van der Waals surface area contributed by atoms with Gasteiger partial charge in [0.25, 0.3) is 5.91 Å². The lowest BCUT2D eigenvalue weighted by atomic mass is 10.2. The van der Waals surface area contributed by atoms with Crippen LogP contribution in [0.3, 0.4) is 0 Å². The molecule has 1 amide bonds. The Morgan fingerprint density at radius 1 is 1.24 bits per heavy atom. The van der Waals surface area contributed by atoms with Crippen LogP contribution in [0.1, 0.15) is 36.5 Å². The first-order valence-corrected chi connectivity index (χ1v) is 9.28. The first-order valence-electron chi connectivity index (χ1n) is 8.49. The van der Waals surface area contributed by atoms with E-state index in [0.717, 1.165) is 34.4 Å². The van der Waals surface area contributed by atoms with Crippen LogP contribution in [0.2, 0.25) is 0 Å². The highest BCUT2D eigenvalue weighted by Crippen LogP contribution is 2.18. The zero-order valence-electron chi connectivity index (χ0n) is 14.4. The molecule has 2 heterocycles. The number of hydrogen-bond acceptors (Lipinski definition) is 3. The molecule has 0 fully saturated rings. The molecule has 6 heteroatoms. The van der Waals surface area contributed by atoms with Crippen LogP contribution in [0.5, 0.6) is 0 Å². The third-order valence-electron chi connectivity index (χ3n) is 4.10. The van der Waals surface area contributed by atoms with Crippen LogP contribution in [0.15, 0.2) is 47.1 Å². The Morgan fingerprint density at radius 3 is 2.80 bits per heavy atom. The van der Waals surface area contributed by atoms with Gasteiger partial charge in [-0.3, -0.25) is 4.79 Å². The highest BCUT2D eigenvalue weighted by Gasteiger charge is 2.19. The number of carbonyl (C=O) groups excluding carboxylic acids is 1. The number of nitrogens with zero attached hydrogens (tertiary/aromatic N) is 4. The summed E-state index contributed by atoms with van der Waals surface area (Å²) in [6, 6.07) is 11.3. The van der Waals surface area contributed by atoms with Crippen molar-refractivity contribution in [3.63, 3.8) is 0 Å². The standard InChI is InChI=1S/C19H21BrN4O/c1-3-11-24-17(22-16-9-6-10-21-18(16)24)13-23(4-2)19(25)14-7-5-8-15(20)12-14/h5-10,12H,3-4,11,13H2,1-2H3. The van der Waals surface area contributed by atoms with Gasteiger partial charge in [0.1, 0.15) is 11.3 Å². The van der Waals surface area contributed by atoms with Crippen LogP contribution >= 0.6 is 15.9 Å². The first kappa shape index (κ1) is 17.6. The lowest BCUT2D eigenvalue weighted by Crippen LogP contribution is -2.31. The summed E-state index contributed by atoms with van der Waals surface area (Å²) in [6.45, 7) is 6.04. The highest BCUT2D eigenvalue weighted by molar-refractivity contribution is 9.10. The van der Waals surface area contributed by atoms with E-state index in [1.54, 1.807) is 6.20 Å². The number of aromatic nitrogens is 3. The molecule has 0 N–H and O–H groups in total. The van der Waals surface area contributed by atoms with Gasteiger partial charge in [-0.25, -0.2) is 9.97 Å². The Morgan fingerprint density at radius 2 is 2.08 bits per heavy atom. The fourth-order valence-corrected chi connectivity index (χ4v) is 3.29. The molecular formula is C19H21BrN4O. The number of rotatable bonds is 6. The maximum atomic E-state index is 12.9. The molecule has 25 heavy (non-hydrogen) atoms. The SMILES string of the molecule is CCCn1c(CN(CC)C(=O)c2cccc(Br)c2)nc2cccnc21. The largest absolute Gasteiger partial charge is 0.331 e. The third kappa shape index (κ3) is 3.74. The number of hydrogen-bond donors (Lipinski definition) is 0. The molecule has 0 aliphatic heterocycles. The van der Waals surface area contributed by atoms with Gasteiger partial charge in [-0.2, -0.15) is 0 Å². The van der Waals surface area contributed by atoms with Crippen molar-refractivity contribution in [1.82, 2.24) is 19.4 Å². The Hall–Kier alpha value is -2.21. The number of benzene rings is 1. The summed E-state index contributed by atoms with van der Waals surface area (Å²) in [5.41, 5.74) is 2.43. The van der Waals surface area contributed by atoms with Gasteiger partial charge < -0.3 is 9.47 Å². The van der Waals surface area contributed by atoms with Gasteiger partial charge in [-0.05, 0) is 43.7 Å². The summed E-state index contributed by atoms with van der Waals surface area (Å²) in [6.07, 6.45) is 2.77. The van der Waals surface area contributed by atoms with Gasteiger partial charge in [0.15, 0.2) is 5.65 Å². The molecule has 1 aromatic carbocycles. The Kier molecular flexibility index (Phi) is 5.48. The van der Waals surface area contributed by atoms with Crippen LogP contribution in [0.4, 0.5) is 0 Å². The molecule has 3 rings (SSSR count). The maximum absolute atomic E-state index is 12.9. The van der Waals surface area contributed by atoms with E-state index in [1.807, 2.05) is 48.2 Å². The summed E-state index contributed by atoms with van der Waals surface area (Å²) in [4.78, 5) is 23.9. The molecule has 0 atom stereocenters. The summed E-state index contributed by atoms with van der Waals surface area (Å²) in [5, 5.41) is 0. The fourth-order valence-electron chi connectivity index (χ4n) is 2.89. The lowest BCUT2D eigenvalue weighted by Gasteiger charge is -2.21. The van der Waals surface area contributed by atoms with E-state index in [-0.39, 0.29) is 5.91 Å². The van der Waals surface area contributed by atoms with E-state index < -0.39 is 0 Å². The summed E-state index contributed by atoms with van der Waals surface area (Å²) < 4.78 is 3.02. The summed E-state index contributed by atoms with van der Waals surface area (Å²) in [7, 11) is 0. The molecule has 0 saturated carbocycles. The van der Waals surface area contributed by atoms with Crippen LogP contribution in [0.25, 0.3) is 11.2 Å². The van der Waals surface area contributed by atoms with E-state index in [0.29, 0.717) is 18.7 Å².